The normalized spacial score (nSPS) is 15.4. The molecule has 0 spiro atoms. The molecule has 1 heterocycles. The fraction of sp³-hybridized carbons (Fsp3) is 0.111. The van der Waals surface area contributed by atoms with Gasteiger partial charge in [-0.05, 0) is 36.4 Å². The van der Waals surface area contributed by atoms with E-state index in [0.717, 1.165) is 5.01 Å². The third kappa shape index (κ3) is 3.34. The zero-order chi connectivity index (χ0) is 18.8. The van der Waals surface area contributed by atoms with Crippen LogP contribution in [0, 0.1) is 0 Å². The van der Waals surface area contributed by atoms with Gasteiger partial charge in [0.2, 0.25) is 0 Å². The maximum absolute atomic E-state index is 12.7. The number of halogens is 2. The van der Waals surface area contributed by atoms with E-state index in [-0.39, 0.29) is 10.6 Å². The first-order valence-electron chi connectivity index (χ1n) is 7.49. The number of anilines is 1. The number of nitrogens with one attached hydrogen (secondary N) is 1. The lowest BCUT2D eigenvalue weighted by Crippen LogP contribution is -2.35. The second-order valence-electron chi connectivity index (χ2n) is 5.35. The van der Waals surface area contributed by atoms with Crippen molar-refractivity contribution in [2.75, 3.05) is 19.2 Å². The summed E-state index contributed by atoms with van der Waals surface area (Å²) in [6.45, 7) is 0. The quantitative estimate of drug-likeness (QED) is 0.638. The summed E-state index contributed by atoms with van der Waals surface area (Å²) >= 11 is 11.9. The van der Waals surface area contributed by atoms with Crippen LogP contribution < -0.4 is 19.9 Å². The molecule has 0 radical (unpaired) electrons. The number of benzene rings is 2. The maximum atomic E-state index is 12.7. The highest BCUT2D eigenvalue weighted by molar-refractivity contribution is 6.42. The monoisotopic (exact) mass is 392 g/mol. The van der Waals surface area contributed by atoms with Crippen LogP contribution >= 0.6 is 23.2 Å². The second-order valence-corrected chi connectivity index (χ2v) is 6.16. The van der Waals surface area contributed by atoms with Gasteiger partial charge in [-0.1, -0.05) is 23.2 Å². The Hall–Kier alpha value is -2.70. The maximum Gasteiger partial charge on any atom is 0.282 e. The summed E-state index contributed by atoms with van der Waals surface area (Å²) in [6.07, 6.45) is 1.47. The molecule has 0 atom stereocenters. The lowest BCUT2D eigenvalue weighted by Gasteiger charge is -2.15. The van der Waals surface area contributed by atoms with E-state index in [1.54, 1.807) is 30.3 Å². The van der Waals surface area contributed by atoms with E-state index in [1.807, 2.05) is 0 Å². The summed E-state index contributed by atoms with van der Waals surface area (Å²) in [5.41, 5.74) is 3.46. The molecule has 1 aliphatic heterocycles. The van der Waals surface area contributed by atoms with E-state index in [4.69, 9.17) is 32.7 Å². The fourth-order valence-electron chi connectivity index (χ4n) is 2.46. The molecule has 8 heteroatoms. The smallest absolute Gasteiger partial charge is 0.282 e. The first kappa shape index (κ1) is 18.1. The zero-order valence-electron chi connectivity index (χ0n) is 13.9. The first-order chi connectivity index (χ1) is 12.4. The predicted octanol–water partition coefficient (Wildman–Crippen LogP) is 3.47. The van der Waals surface area contributed by atoms with Crippen LogP contribution in [-0.2, 0) is 9.59 Å². The number of carbonyl (C=O) groups is 2. The van der Waals surface area contributed by atoms with Crippen molar-refractivity contribution in [1.29, 1.82) is 0 Å². The van der Waals surface area contributed by atoms with E-state index in [9.17, 15) is 9.59 Å². The summed E-state index contributed by atoms with van der Waals surface area (Å²) < 4.78 is 10.4. The van der Waals surface area contributed by atoms with Crippen molar-refractivity contribution in [1.82, 2.24) is 5.43 Å². The number of hydrazine groups is 1. The molecule has 1 fully saturated rings. The minimum atomic E-state index is -0.529. The summed E-state index contributed by atoms with van der Waals surface area (Å²) in [7, 11) is 3.03. The van der Waals surface area contributed by atoms with Gasteiger partial charge in [-0.2, -0.15) is 0 Å². The fourth-order valence-corrected chi connectivity index (χ4v) is 2.75. The van der Waals surface area contributed by atoms with Gasteiger partial charge in [-0.3, -0.25) is 15.0 Å². The summed E-state index contributed by atoms with van der Waals surface area (Å²) in [5.74, 6) is 0.0410. The van der Waals surface area contributed by atoms with Gasteiger partial charge in [0, 0.05) is 11.6 Å². The molecule has 26 heavy (non-hydrogen) atoms. The molecule has 2 aromatic carbocycles. The molecule has 0 bridgehead atoms. The van der Waals surface area contributed by atoms with Crippen LogP contribution in [0.4, 0.5) is 5.69 Å². The highest BCUT2D eigenvalue weighted by Gasteiger charge is 2.34. The molecule has 1 aliphatic rings. The summed E-state index contributed by atoms with van der Waals surface area (Å²) in [6, 6.07) is 9.71. The van der Waals surface area contributed by atoms with Crippen molar-refractivity contribution >= 4 is 46.8 Å². The van der Waals surface area contributed by atoms with Crippen LogP contribution in [0.5, 0.6) is 11.5 Å². The van der Waals surface area contributed by atoms with E-state index in [0.29, 0.717) is 27.8 Å². The molecular weight excluding hydrogens is 379 g/mol. The molecule has 1 saturated heterocycles. The lowest BCUT2D eigenvalue weighted by atomic mass is 10.1. The summed E-state index contributed by atoms with van der Waals surface area (Å²) in [4.78, 5) is 25.0. The number of ether oxygens (including phenoxy) is 2. The van der Waals surface area contributed by atoms with Gasteiger partial charge >= 0.3 is 0 Å². The molecule has 0 aromatic heterocycles. The number of carbonyl (C=O) groups excluding carboxylic acids is 2. The van der Waals surface area contributed by atoms with Crippen molar-refractivity contribution in [3.05, 3.63) is 57.6 Å². The molecule has 0 unspecified atom stereocenters. The summed E-state index contributed by atoms with van der Waals surface area (Å²) in [5, 5.41) is 1.75. The van der Waals surface area contributed by atoms with Crippen molar-refractivity contribution in [3.63, 3.8) is 0 Å². The van der Waals surface area contributed by atoms with E-state index >= 15 is 0 Å². The number of hydrogen-bond acceptors (Lipinski definition) is 4. The molecule has 2 aromatic rings. The Morgan fingerprint density at radius 1 is 1.00 bits per heavy atom. The number of hydrogen-bond donors (Lipinski definition) is 1. The van der Waals surface area contributed by atoms with E-state index < -0.39 is 11.8 Å². The van der Waals surface area contributed by atoms with E-state index in [1.165, 1.54) is 26.4 Å². The minimum Gasteiger partial charge on any atom is -0.497 e. The SMILES string of the molecule is COc1ccc(/C=C2\C(=O)NN(c3ccc(Cl)c(Cl)c3)C2=O)c(OC)c1. The third-order valence-corrected chi connectivity index (χ3v) is 4.53. The van der Waals surface area contributed by atoms with Gasteiger partial charge in [-0.25, -0.2) is 5.01 Å². The average molecular weight is 393 g/mol. The molecule has 134 valence electrons. The molecule has 0 aliphatic carbocycles. The zero-order valence-corrected chi connectivity index (χ0v) is 15.4. The third-order valence-electron chi connectivity index (χ3n) is 3.79. The van der Waals surface area contributed by atoms with Crippen LogP contribution in [-0.4, -0.2) is 26.0 Å². The molecule has 1 N–H and O–H groups in total. The van der Waals surface area contributed by atoms with Gasteiger partial charge in [0.15, 0.2) is 0 Å². The standard InChI is InChI=1S/C18H14Cl2N2O4/c1-25-12-5-3-10(16(9-12)26-2)7-13-17(23)21-22(18(13)24)11-4-6-14(19)15(20)8-11/h3-9H,1-2H3,(H,21,23)/b13-7+. The highest BCUT2D eigenvalue weighted by atomic mass is 35.5. The number of methoxy groups -OCH3 is 2. The van der Waals surface area contributed by atoms with Crippen molar-refractivity contribution in [3.8, 4) is 11.5 Å². The minimum absolute atomic E-state index is 0.0282. The molecular formula is C18H14Cl2N2O4. The Kier molecular flexibility index (Phi) is 5.06. The van der Waals surface area contributed by atoms with E-state index in [2.05, 4.69) is 5.43 Å². The Morgan fingerprint density at radius 2 is 1.77 bits per heavy atom. The van der Waals surface area contributed by atoms with Gasteiger partial charge < -0.3 is 9.47 Å². The Morgan fingerprint density at radius 3 is 2.42 bits per heavy atom. The Labute approximate surface area is 159 Å². The van der Waals surface area contributed by atoms with Gasteiger partial charge in [0.25, 0.3) is 11.8 Å². The van der Waals surface area contributed by atoms with Crippen molar-refractivity contribution < 1.29 is 19.1 Å². The molecule has 2 amide bonds. The number of amides is 2. The molecule has 3 rings (SSSR count). The molecule has 0 saturated carbocycles. The number of rotatable bonds is 4. The van der Waals surface area contributed by atoms with Crippen LogP contribution in [0.15, 0.2) is 42.0 Å². The Balaban J connectivity index is 1.96. The number of nitrogens with zero attached hydrogens (tertiary/aromatic N) is 1. The lowest BCUT2D eigenvalue weighted by molar-refractivity contribution is -0.117. The van der Waals surface area contributed by atoms with Crippen molar-refractivity contribution in [2.45, 2.75) is 0 Å². The molecule has 6 nitrogen and oxygen atoms in total. The largest absolute Gasteiger partial charge is 0.497 e. The second kappa shape index (κ2) is 7.27. The highest BCUT2D eigenvalue weighted by Crippen LogP contribution is 2.31. The Bertz CT molecular complexity index is 927. The van der Waals surface area contributed by atoms with Crippen LogP contribution in [0.1, 0.15) is 5.56 Å². The van der Waals surface area contributed by atoms with Gasteiger partial charge in [-0.15, -0.1) is 0 Å². The van der Waals surface area contributed by atoms with Crippen LogP contribution in [0.3, 0.4) is 0 Å². The predicted molar refractivity (Wildman–Crippen MR) is 99.6 cm³/mol. The average Bonchev–Trinajstić information content (AvgIpc) is 2.92. The first-order valence-corrected chi connectivity index (χ1v) is 8.24. The van der Waals surface area contributed by atoms with Crippen molar-refractivity contribution in [2.24, 2.45) is 0 Å². The van der Waals surface area contributed by atoms with Crippen LogP contribution in [0.25, 0.3) is 6.08 Å². The van der Waals surface area contributed by atoms with Gasteiger partial charge in [0.05, 0.1) is 30.0 Å². The topological polar surface area (TPSA) is 67.9 Å². The van der Waals surface area contributed by atoms with Crippen LogP contribution in [0.2, 0.25) is 10.0 Å². The van der Waals surface area contributed by atoms with Gasteiger partial charge in [0.1, 0.15) is 17.1 Å².